The molecule has 2 unspecified atom stereocenters. The van der Waals surface area contributed by atoms with Crippen LogP contribution in [0.2, 0.25) is 0 Å². The molecular formula is C26H25N3O4S. The Labute approximate surface area is 198 Å². The van der Waals surface area contributed by atoms with Gasteiger partial charge in [0.2, 0.25) is 15.9 Å². The third kappa shape index (κ3) is 4.47. The van der Waals surface area contributed by atoms with E-state index in [0.29, 0.717) is 25.3 Å². The van der Waals surface area contributed by atoms with Crippen molar-refractivity contribution in [1.82, 2.24) is 8.87 Å². The number of piperidine rings is 1. The molecule has 1 aromatic heterocycles. The number of benzene rings is 2. The standard InChI is InChI=1S/C26H25N3O4S/c30-25(14-9-19-5-2-1-3-6-19)27-22-10-12-23(13-11-22)34(32,33)28-16-20-15-21(18-28)24-7-4-8-26(31)29(24)17-20/h1-14,20-21H,15-18H2,(H,27,30). The van der Waals surface area contributed by atoms with E-state index in [0.717, 1.165) is 17.7 Å². The lowest BCUT2D eigenvalue weighted by molar-refractivity contribution is -0.111. The zero-order valence-electron chi connectivity index (χ0n) is 18.5. The van der Waals surface area contributed by atoms with Gasteiger partial charge in [0.15, 0.2) is 0 Å². The average Bonchev–Trinajstić information content (AvgIpc) is 2.84. The summed E-state index contributed by atoms with van der Waals surface area (Å²) in [6.45, 7) is 1.28. The molecule has 3 heterocycles. The van der Waals surface area contributed by atoms with Gasteiger partial charge in [-0.1, -0.05) is 36.4 Å². The molecule has 0 radical (unpaired) electrons. The van der Waals surface area contributed by atoms with E-state index in [1.807, 2.05) is 36.4 Å². The van der Waals surface area contributed by atoms with Gasteiger partial charge in [0.25, 0.3) is 5.56 Å². The molecule has 3 aromatic rings. The maximum atomic E-state index is 13.3. The van der Waals surface area contributed by atoms with Gasteiger partial charge in [-0.15, -0.1) is 0 Å². The van der Waals surface area contributed by atoms with E-state index < -0.39 is 10.0 Å². The molecule has 5 rings (SSSR count). The molecule has 0 saturated carbocycles. The Morgan fingerprint density at radius 1 is 0.912 bits per heavy atom. The van der Waals surface area contributed by atoms with E-state index in [-0.39, 0.29) is 28.2 Å². The Morgan fingerprint density at radius 3 is 2.44 bits per heavy atom. The molecule has 2 bridgehead atoms. The van der Waals surface area contributed by atoms with Crippen molar-refractivity contribution in [3.8, 4) is 0 Å². The number of hydrogen-bond donors (Lipinski definition) is 1. The second-order valence-electron chi connectivity index (χ2n) is 8.78. The molecule has 34 heavy (non-hydrogen) atoms. The van der Waals surface area contributed by atoms with Gasteiger partial charge < -0.3 is 9.88 Å². The minimum Gasteiger partial charge on any atom is -0.323 e. The van der Waals surface area contributed by atoms with Crippen LogP contribution in [0.5, 0.6) is 0 Å². The number of rotatable bonds is 5. The Hall–Kier alpha value is -3.49. The topological polar surface area (TPSA) is 88.5 Å². The van der Waals surface area contributed by atoms with Crippen LogP contribution < -0.4 is 10.9 Å². The Morgan fingerprint density at radius 2 is 1.68 bits per heavy atom. The van der Waals surface area contributed by atoms with Crippen molar-refractivity contribution in [3.63, 3.8) is 0 Å². The van der Waals surface area contributed by atoms with Crippen molar-refractivity contribution in [3.05, 3.63) is 100 Å². The van der Waals surface area contributed by atoms with Crippen molar-refractivity contribution >= 4 is 27.7 Å². The Bertz CT molecular complexity index is 1400. The summed E-state index contributed by atoms with van der Waals surface area (Å²) in [5.74, 6) is -0.181. The van der Waals surface area contributed by atoms with Crippen LogP contribution in [-0.4, -0.2) is 36.3 Å². The SMILES string of the molecule is O=C(C=Cc1ccccc1)Nc1ccc(S(=O)(=O)N2CC3CC(C2)c2cccc(=O)n2C3)cc1. The van der Waals surface area contributed by atoms with Crippen LogP contribution in [0.25, 0.3) is 6.08 Å². The normalized spacial score (nSPS) is 20.1. The van der Waals surface area contributed by atoms with Crippen molar-refractivity contribution in [2.75, 3.05) is 18.4 Å². The molecule has 1 fully saturated rings. The van der Waals surface area contributed by atoms with Crippen LogP contribution in [0.4, 0.5) is 5.69 Å². The number of amides is 1. The second-order valence-corrected chi connectivity index (χ2v) is 10.7. The van der Waals surface area contributed by atoms with Gasteiger partial charge >= 0.3 is 0 Å². The van der Waals surface area contributed by atoms with Gasteiger partial charge in [-0.3, -0.25) is 9.59 Å². The number of hydrogen-bond acceptors (Lipinski definition) is 4. The van der Waals surface area contributed by atoms with Gasteiger partial charge in [-0.25, -0.2) is 8.42 Å². The first kappa shape index (κ1) is 22.3. The summed E-state index contributed by atoms with van der Waals surface area (Å²) < 4.78 is 30.0. The molecule has 1 N–H and O–H groups in total. The molecule has 2 atom stereocenters. The summed E-state index contributed by atoms with van der Waals surface area (Å²) in [4.78, 5) is 24.6. The predicted molar refractivity (Wildman–Crippen MR) is 131 cm³/mol. The first-order valence-electron chi connectivity index (χ1n) is 11.2. The summed E-state index contributed by atoms with van der Waals surface area (Å²) in [5, 5.41) is 2.75. The quantitative estimate of drug-likeness (QED) is 0.574. The van der Waals surface area contributed by atoms with E-state index in [1.165, 1.54) is 22.5 Å². The fourth-order valence-corrected chi connectivity index (χ4v) is 6.39. The van der Waals surface area contributed by atoms with E-state index in [1.54, 1.807) is 34.9 Å². The molecule has 0 spiro atoms. The number of fused-ring (bicyclic) bond motifs is 4. The summed E-state index contributed by atoms with van der Waals surface area (Å²) in [5.41, 5.74) is 2.31. The number of carbonyl (C=O) groups is 1. The molecular weight excluding hydrogens is 450 g/mol. The highest BCUT2D eigenvalue weighted by atomic mass is 32.2. The van der Waals surface area contributed by atoms with Crippen LogP contribution >= 0.6 is 0 Å². The smallest absolute Gasteiger partial charge is 0.250 e. The van der Waals surface area contributed by atoms with Crippen molar-refractivity contribution in [2.45, 2.75) is 23.8 Å². The van der Waals surface area contributed by atoms with Crippen LogP contribution in [0.1, 0.15) is 23.6 Å². The molecule has 7 nitrogen and oxygen atoms in total. The van der Waals surface area contributed by atoms with Gasteiger partial charge in [0.1, 0.15) is 0 Å². The largest absolute Gasteiger partial charge is 0.323 e. The number of nitrogens with one attached hydrogen (secondary N) is 1. The lowest BCUT2D eigenvalue weighted by Crippen LogP contribution is -2.48. The number of sulfonamides is 1. The fourth-order valence-electron chi connectivity index (χ4n) is 4.83. The molecule has 2 aromatic carbocycles. The van der Waals surface area contributed by atoms with Gasteiger partial charge in [0, 0.05) is 49.1 Å². The molecule has 2 aliphatic rings. The second kappa shape index (κ2) is 9.04. The Balaban J connectivity index is 1.28. The van der Waals surface area contributed by atoms with Crippen LogP contribution in [0.15, 0.2) is 88.6 Å². The Kier molecular flexibility index (Phi) is 5.93. The number of pyridine rings is 1. The lowest BCUT2D eigenvalue weighted by atomic mass is 9.84. The molecule has 1 amide bonds. The van der Waals surface area contributed by atoms with Crippen LogP contribution in [-0.2, 0) is 21.4 Å². The highest BCUT2D eigenvalue weighted by Crippen LogP contribution is 2.37. The van der Waals surface area contributed by atoms with Crippen LogP contribution in [0.3, 0.4) is 0 Å². The van der Waals surface area contributed by atoms with Gasteiger partial charge in [-0.2, -0.15) is 4.31 Å². The van der Waals surface area contributed by atoms with E-state index in [2.05, 4.69) is 5.32 Å². The number of carbonyl (C=O) groups excluding carboxylic acids is 1. The zero-order chi connectivity index (χ0) is 23.7. The molecule has 0 aliphatic carbocycles. The zero-order valence-corrected chi connectivity index (χ0v) is 19.3. The van der Waals surface area contributed by atoms with E-state index in [9.17, 15) is 18.0 Å². The molecule has 2 aliphatic heterocycles. The van der Waals surface area contributed by atoms with Crippen molar-refractivity contribution in [2.24, 2.45) is 5.92 Å². The maximum absolute atomic E-state index is 13.3. The first-order chi connectivity index (χ1) is 16.4. The minimum absolute atomic E-state index is 0.00568. The third-order valence-electron chi connectivity index (χ3n) is 6.43. The van der Waals surface area contributed by atoms with E-state index >= 15 is 0 Å². The van der Waals surface area contributed by atoms with Crippen molar-refractivity contribution in [1.29, 1.82) is 0 Å². The average molecular weight is 476 g/mol. The maximum Gasteiger partial charge on any atom is 0.250 e. The number of nitrogens with zero attached hydrogens (tertiary/aromatic N) is 2. The first-order valence-corrected chi connectivity index (χ1v) is 12.7. The highest BCUT2D eigenvalue weighted by Gasteiger charge is 2.39. The number of anilines is 1. The summed E-state index contributed by atoms with van der Waals surface area (Å²) in [6, 6.07) is 20.9. The summed E-state index contributed by atoms with van der Waals surface area (Å²) in [6.07, 6.45) is 4.04. The highest BCUT2D eigenvalue weighted by molar-refractivity contribution is 7.89. The minimum atomic E-state index is -3.69. The molecule has 174 valence electrons. The van der Waals surface area contributed by atoms with E-state index in [4.69, 9.17) is 0 Å². The van der Waals surface area contributed by atoms with Crippen molar-refractivity contribution < 1.29 is 13.2 Å². The lowest BCUT2D eigenvalue weighted by Gasteiger charge is -2.42. The predicted octanol–water partition coefficient (Wildman–Crippen LogP) is 3.31. The monoisotopic (exact) mass is 475 g/mol. The van der Waals surface area contributed by atoms with Gasteiger partial charge in [-0.05, 0) is 54.3 Å². The third-order valence-corrected chi connectivity index (χ3v) is 8.28. The molecule has 1 saturated heterocycles. The van der Waals surface area contributed by atoms with Gasteiger partial charge in [0.05, 0.1) is 4.90 Å². The fraction of sp³-hybridized carbons (Fsp3) is 0.231. The van der Waals surface area contributed by atoms with Crippen LogP contribution in [0, 0.1) is 5.92 Å². The number of aromatic nitrogens is 1. The summed E-state index contributed by atoms with van der Waals surface area (Å²) in [7, 11) is -3.69. The molecule has 8 heteroatoms. The summed E-state index contributed by atoms with van der Waals surface area (Å²) >= 11 is 0.